The Morgan fingerprint density at radius 3 is 2.34 bits per heavy atom. The Labute approximate surface area is 174 Å². The molecule has 0 bridgehead atoms. The number of carbonyl (C=O) groups is 3. The van der Waals surface area contributed by atoms with Gasteiger partial charge in [0.05, 0.1) is 31.1 Å². The highest BCUT2D eigenvalue weighted by Gasteiger charge is 2.16. The molecular formula is C19H15ClN2O6S. The van der Waals surface area contributed by atoms with Crippen molar-refractivity contribution in [2.75, 3.05) is 25.3 Å². The van der Waals surface area contributed by atoms with Crippen LogP contribution >= 0.6 is 23.4 Å². The monoisotopic (exact) mass is 434 g/mol. The lowest BCUT2D eigenvalue weighted by molar-refractivity contribution is -0.113. The molecule has 0 aliphatic heterocycles. The molecule has 10 heteroatoms. The Morgan fingerprint density at radius 2 is 1.72 bits per heavy atom. The van der Waals surface area contributed by atoms with Crippen LogP contribution in [0.4, 0.5) is 5.69 Å². The summed E-state index contributed by atoms with van der Waals surface area (Å²) in [5.41, 5.74) is 1.62. The third-order valence-electron chi connectivity index (χ3n) is 3.72. The van der Waals surface area contributed by atoms with Gasteiger partial charge in [0.15, 0.2) is 5.58 Å². The van der Waals surface area contributed by atoms with Gasteiger partial charge in [-0.1, -0.05) is 23.4 Å². The van der Waals surface area contributed by atoms with Crippen LogP contribution in [0.15, 0.2) is 46.0 Å². The zero-order valence-corrected chi connectivity index (χ0v) is 16.9. The SMILES string of the molecule is COC(=O)c1cc(NC(=O)CSc2nc3cc(Cl)ccc3o2)cc(C(=O)OC)c1. The molecule has 3 aromatic rings. The summed E-state index contributed by atoms with van der Waals surface area (Å²) in [6, 6.07) is 9.18. The van der Waals surface area contributed by atoms with Gasteiger partial charge in [-0.05, 0) is 36.4 Å². The third-order valence-corrected chi connectivity index (χ3v) is 4.78. The third kappa shape index (κ3) is 5.07. The Hall–Kier alpha value is -3.04. The Balaban J connectivity index is 1.71. The van der Waals surface area contributed by atoms with Crippen LogP contribution in [-0.4, -0.2) is 42.8 Å². The molecule has 150 valence electrons. The van der Waals surface area contributed by atoms with Crippen LogP contribution in [0.5, 0.6) is 0 Å². The fourth-order valence-electron chi connectivity index (χ4n) is 2.44. The maximum Gasteiger partial charge on any atom is 0.337 e. The quantitative estimate of drug-likeness (QED) is 0.461. The maximum absolute atomic E-state index is 12.3. The van der Waals surface area contributed by atoms with Gasteiger partial charge < -0.3 is 19.2 Å². The molecule has 0 atom stereocenters. The fourth-order valence-corrected chi connectivity index (χ4v) is 3.24. The van der Waals surface area contributed by atoms with Crippen LogP contribution in [0, 0.1) is 0 Å². The number of benzene rings is 2. The molecule has 0 unspecified atom stereocenters. The molecule has 8 nitrogen and oxygen atoms in total. The van der Waals surface area contributed by atoms with Gasteiger partial charge in [0.1, 0.15) is 5.52 Å². The molecule has 1 aromatic heterocycles. The van der Waals surface area contributed by atoms with Crippen LogP contribution in [0.1, 0.15) is 20.7 Å². The number of hydrogen-bond donors (Lipinski definition) is 1. The van der Waals surface area contributed by atoms with Gasteiger partial charge in [0.2, 0.25) is 5.91 Å². The van der Waals surface area contributed by atoms with Crippen molar-refractivity contribution >= 4 is 58.0 Å². The van der Waals surface area contributed by atoms with Crippen LogP contribution in [0.3, 0.4) is 0 Å². The van der Waals surface area contributed by atoms with Crippen molar-refractivity contribution in [1.29, 1.82) is 0 Å². The van der Waals surface area contributed by atoms with E-state index >= 15 is 0 Å². The second-order valence-corrected chi connectivity index (χ2v) is 7.07. The largest absolute Gasteiger partial charge is 0.465 e. The predicted octanol–water partition coefficient (Wildman–Crippen LogP) is 3.79. The molecule has 1 heterocycles. The van der Waals surface area contributed by atoms with Crippen molar-refractivity contribution in [2.45, 2.75) is 5.22 Å². The van der Waals surface area contributed by atoms with Gasteiger partial charge in [-0.15, -0.1) is 0 Å². The van der Waals surface area contributed by atoms with E-state index in [1.807, 2.05) is 0 Å². The number of amides is 1. The van der Waals surface area contributed by atoms with Gasteiger partial charge in [0, 0.05) is 10.7 Å². The van der Waals surface area contributed by atoms with E-state index in [-0.39, 0.29) is 28.5 Å². The van der Waals surface area contributed by atoms with E-state index in [0.717, 1.165) is 11.8 Å². The molecule has 0 spiro atoms. The molecule has 0 fully saturated rings. The molecule has 0 aliphatic rings. The molecule has 0 saturated carbocycles. The molecule has 3 rings (SSSR count). The highest BCUT2D eigenvalue weighted by molar-refractivity contribution is 7.99. The number of aromatic nitrogens is 1. The summed E-state index contributed by atoms with van der Waals surface area (Å²) < 4.78 is 14.9. The summed E-state index contributed by atoms with van der Waals surface area (Å²) >= 11 is 7.01. The Kier molecular flexibility index (Phi) is 6.40. The average molecular weight is 435 g/mol. The lowest BCUT2D eigenvalue weighted by Crippen LogP contribution is -2.16. The van der Waals surface area contributed by atoms with Crippen molar-refractivity contribution in [1.82, 2.24) is 4.98 Å². The number of thioether (sulfide) groups is 1. The van der Waals surface area contributed by atoms with Crippen LogP contribution in [0.25, 0.3) is 11.1 Å². The first-order valence-corrected chi connectivity index (χ1v) is 9.56. The van der Waals surface area contributed by atoms with Crippen molar-refractivity contribution in [3.63, 3.8) is 0 Å². The molecule has 0 aliphatic carbocycles. The number of nitrogens with one attached hydrogen (secondary N) is 1. The number of halogens is 1. The topological polar surface area (TPSA) is 108 Å². The van der Waals surface area contributed by atoms with Gasteiger partial charge in [0.25, 0.3) is 5.22 Å². The van der Waals surface area contributed by atoms with Gasteiger partial charge in [-0.3, -0.25) is 4.79 Å². The Bertz CT molecular complexity index is 1060. The summed E-state index contributed by atoms with van der Waals surface area (Å²) in [5.74, 6) is -1.68. The first-order valence-electron chi connectivity index (χ1n) is 8.20. The van der Waals surface area contributed by atoms with Crippen molar-refractivity contribution in [2.24, 2.45) is 0 Å². The minimum Gasteiger partial charge on any atom is -0.465 e. The molecule has 1 N–H and O–H groups in total. The Morgan fingerprint density at radius 1 is 1.07 bits per heavy atom. The summed E-state index contributed by atoms with van der Waals surface area (Å²) in [4.78, 5) is 40.2. The number of ether oxygens (including phenoxy) is 2. The first kappa shape index (κ1) is 20.7. The van der Waals surface area contributed by atoms with Gasteiger partial charge in [-0.2, -0.15) is 0 Å². The number of methoxy groups -OCH3 is 2. The molecule has 2 aromatic carbocycles. The molecular weight excluding hydrogens is 420 g/mol. The first-order chi connectivity index (χ1) is 13.9. The number of hydrogen-bond acceptors (Lipinski definition) is 8. The second-order valence-electron chi connectivity index (χ2n) is 5.71. The number of fused-ring (bicyclic) bond motifs is 1. The zero-order valence-electron chi connectivity index (χ0n) is 15.4. The highest BCUT2D eigenvalue weighted by atomic mass is 35.5. The normalized spacial score (nSPS) is 10.6. The highest BCUT2D eigenvalue weighted by Crippen LogP contribution is 2.26. The minimum atomic E-state index is -0.647. The van der Waals surface area contributed by atoms with E-state index in [0.29, 0.717) is 21.3 Å². The smallest absolute Gasteiger partial charge is 0.337 e. The average Bonchev–Trinajstić information content (AvgIpc) is 3.12. The standard InChI is InChI=1S/C19H15ClN2O6S/c1-26-17(24)10-5-11(18(25)27-2)7-13(6-10)21-16(23)9-29-19-22-14-8-12(20)3-4-15(14)28-19/h3-8H,9H2,1-2H3,(H,21,23). The summed E-state index contributed by atoms with van der Waals surface area (Å²) in [6.07, 6.45) is 0. The van der Waals surface area contributed by atoms with Crippen LogP contribution in [-0.2, 0) is 14.3 Å². The summed E-state index contributed by atoms with van der Waals surface area (Å²) in [5, 5.41) is 3.48. The van der Waals surface area contributed by atoms with E-state index in [2.05, 4.69) is 19.8 Å². The second kappa shape index (κ2) is 8.97. The van der Waals surface area contributed by atoms with E-state index in [4.69, 9.17) is 16.0 Å². The van der Waals surface area contributed by atoms with Crippen LogP contribution < -0.4 is 5.32 Å². The number of carbonyl (C=O) groups excluding carboxylic acids is 3. The predicted molar refractivity (Wildman–Crippen MR) is 107 cm³/mol. The van der Waals surface area contributed by atoms with E-state index < -0.39 is 11.9 Å². The number of nitrogens with zero attached hydrogens (tertiary/aromatic N) is 1. The van der Waals surface area contributed by atoms with E-state index in [1.54, 1.807) is 18.2 Å². The van der Waals surface area contributed by atoms with Crippen molar-refractivity contribution in [3.05, 3.63) is 52.5 Å². The molecule has 29 heavy (non-hydrogen) atoms. The maximum atomic E-state index is 12.3. The molecule has 1 amide bonds. The van der Waals surface area contributed by atoms with Crippen molar-refractivity contribution < 1.29 is 28.3 Å². The molecule has 0 saturated heterocycles. The van der Waals surface area contributed by atoms with Gasteiger partial charge >= 0.3 is 11.9 Å². The number of anilines is 1. The lowest BCUT2D eigenvalue weighted by Gasteiger charge is -2.09. The number of esters is 2. The zero-order chi connectivity index (χ0) is 21.0. The molecule has 0 radical (unpaired) electrons. The summed E-state index contributed by atoms with van der Waals surface area (Å²) in [7, 11) is 2.44. The lowest BCUT2D eigenvalue weighted by atomic mass is 10.1. The number of rotatable bonds is 6. The van der Waals surface area contributed by atoms with E-state index in [1.165, 1.54) is 32.4 Å². The van der Waals surface area contributed by atoms with Crippen LogP contribution in [0.2, 0.25) is 5.02 Å². The summed E-state index contributed by atoms with van der Waals surface area (Å²) in [6.45, 7) is 0. The van der Waals surface area contributed by atoms with Crippen molar-refractivity contribution in [3.8, 4) is 0 Å². The number of oxazole rings is 1. The van der Waals surface area contributed by atoms with Gasteiger partial charge in [-0.25, -0.2) is 14.6 Å². The van der Waals surface area contributed by atoms with E-state index in [9.17, 15) is 14.4 Å². The minimum absolute atomic E-state index is 0.00341. The fraction of sp³-hybridized carbons (Fsp3) is 0.158.